The molecular formula is C6H11NO4S. The van der Waals surface area contributed by atoms with Gasteiger partial charge in [-0.15, -0.1) is 0 Å². The smallest absolute Gasteiger partial charge is 0.264 e. The maximum absolute atomic E-state index is 10.5. The Morgan fingerprint density at radius 2 is 2.25 bits per heavy atom. The van der Waals surface area contributed by atoms with E-state index < -0.39 is 10.1 Å². The molecule has 1 fully saturated rings. The monoisotopic (exact) mass is 193 g/mol. The third kappa shape index (κ3) is 3.19. The van der Waals surface area contributed by atoms with E-state index in [0.29, 0.717) is 12.8 Å². The molecule has 0 aromatic heterocycles. The van der Waals surface area contributed by atoms with Crippen molar-refractivity contribution in [1.29, 1.82) is 0 Å². The van der Waals surface area contributed by atoms with Gasteiger partial charge < -0.3 is 5.32 Å². The van der Waals surface area contributed by atoms with Crippen LogP contribution in [0.1, 0.15) is 12.8 Å². The predicted molar refractivity (Wildman–Crippen MR) is 42.0 cm³/mol. The van der Waals surface area contributed by atoms with Gasteiger partial charge in [0.05, 0.1) is 12.9 Å². The van der Waals surface area contributed by atoms with Crippen LogP contribution in [0.25, 0.3) is 0 Å². The second kappa shape index (κ2) is 3.40. The second-order valence-corrected chi connectivity index (χ2v) is 4.43. The summed E-state index contributed by atoms with van der Waals surface area (Å²) in [6, 6.07) is 0.0965. The Labute approximate surface area is 71.2 Å². The minimum absolute atomic E-state index is 0.0133. The van der Waals surface area contributed by atoms with Gasteiger partial charge in [-0.25, -0.2) is 0 Å². The summed E-state index contributed by atoms with van der Waals surface area (Å²) in [4.78, 5) is 10.4. The van der Waals surface area contributed by atoms with Gasteiger partial charge in [-0.3, -0.25) is 8.98 Å². The van der Waals surface area contributed by atoms with Gasteiger partial charge in [0.25, 0.3) is 10.1 Å². The topological polar surface area (TPSA) is 72.5 Å². The standard InChI is InChI=1S/C6H11NO4S/c1-12(9,10)11-3-2-5-4-6(8)7-5/h5H,2-4H2,1H3,(H,7,8)/t5-/m1/s1. The number of hydrogen-bond donors (Lipinski definition) is 1. The van der Waals surface area contributed by atoms with E-state index in [-0.39, 0.29) is 18.6 Å². The Morgan fingerprint density at radius 1 is 1.67 bits per heavy atom. The molecule has 1 rings (SSSR count). The fraction of sp³-hybridized carbons (Fsp3) is 0.833. The number of hydrogen-bond acceptors (Lipinski definition) is 4. The Kier molecular flexibility index (Phi) is 2.69. The van der Waals surface area contributed by atoms with Crippen molar-refractivity contribution < 1.29 is 17.4 Å². The zero-order chi connectivity index (χ0) is 9.19. The first-order valence-electron chi connectivity index (χ1n) is 3.61. The van der Waals surface area contributed by atoms with E-state index in [1.165, 1.54) is 0 Å². The molecule has 70 valence electrons. The van der Waals surface area contributed by atoms with Crippen molar-refractivity contribution in [3.8, 4) is 0 Å². The molecule has 0 aromatic rings. The van der Waals surface area contributed by atoms with Crippen LogP contribution in [0.5, 0.6) is 0 Å². The molecular weight excluding hydrogens is 182 g/mol. The largest absolute Gasteiger partial charge is 0.353 e. The fourth-order valence-corrected chi connectivity index (χ4v) is 1.35. The van der Waals surface area contributed by atoms with Crippen LogP contribution in [0.4, 0.5) is 0 Å². The van der Waals surface area contributed by atoms with Crippen LogP contribution in [0.15, 0.2) is 0 Å². The van der Waals surface area contributed by atoms with E-state index in [0.717, 1.165) is 6.26 Å². The van der Waals surface area contributed by atoms with Gasteiger partial charge in [-0.2, -0.15) is 8.42 Å². The normalized spacial score (nSPS) is 23.1. The molecule has 0 bridgehead atoms. The summed E-state index contributed by atoms with van der Waals surface area (Å²) < 4.78 is 25.4. The second-order valence-electron chi connectivity index (χ2n) is 2.78. The number of amides is 1. The average Bonchev–Trinajstić information content (AvgIpc) is 1.81. The molecule has 0 spiro atoms. The highest BCUT2D eigenvalue weighted by Crippen LogP contribution is 2.08. The van der Waals surface area contributed by atoms with Gasteiger partial charge in [0.1, 0.15) is 0 Å². The van der Waals surface area contributed by atoms with Gasteiger partial charge in [0.2, 0.25) is 5.91 Å². The Bertz CT molecular complexity index is 263. The van der Waals surface area contributed by atoms with E-state index in [9.17, 15) is 13.2 Å². The minimum atomic E-state index is -3.33. The van der Waals surface area contributed by atoms with E-state index in [1.807, 2.05) is 0 Å². The first-order chi connectivity index (χ1) is 5.47. The van der Waals surface area contributed by atoms with E-state index in [4.69, 9.17) is 0 Å². The van der Waals surface area contributed by atoms with Crippen LogP contribution in [-0.4, -0.2) is 33.2 Å². The lowest BCUT2D eigenvalue weighted by Crippen LogP contribution is -2.48. The first-order valence-corrected chi connectivity index (χ1v) is 5.43. The number of carbonyl (C=O) groups is 1. The summed E-state index contributed by atoms with van der Waals surface area (Å²) in [5, 5.41) is 2.62. The summed E-state index contributed by atoms with van der Waals surface area (Å²) in [5.74, 6) is 0.0133. The molecule has 0 saturated carbocycles. The van der Waals surface area contributed by atoms with Crippen molar-refractivity contribution in [2.75, 3.05) is 12.9 Å². The Balaban J connectivity index is 2.08. The zero-order valence-electron chi connectivity index (χ0n) is 6.74. The van der Waals surface area contributed by atoms with Gasteiger partial charge in [0, 0.05) is 12.5 Å². The molecule has 0 aliphatic carbocycles. The van der Waals surface area contributed by atoms with Crippen molar-refractivity contribution in [2.24, 2.45) is 0 Å². The quantitative estimate of drug-likeness (QED) is 0.470. The summed E-state index contributed by atoms with van der Waals surface area (Å²) in [7, 11) is -3.33. The van der Waals surface area contributed by atoms with Gasteiger partial charge in [0.15, 0.2) is 0 Å². The zero-order valence-corrected chi connectivity index (χ0v) is 7.56. The number of rotatable bonds is 4. The lowest BCUT2D eigenvalue weighted by Gasteiger charge is -2.26. The predicted octanol–water partition coefficient (Wildman–Crippen LogP) is -0.759. The van der Waals surface area contributed by atoms with Gasteiger partial charge in [-0.05, 0) is 6.42 Å². The Hall–Kier alpha value is -0.620. The molecule has 6 heteroatoms. The number of nitrogens with one attached hydrogen (secondary N) is 1. The van der Waals surface area contributed by atoms with Crippen molar-refractivity contribution in [3.63, 3.8) is 0 Å². The van der Waals surface area contributed by atoms with Crippen LogP contribution in [0, 0.1) is 0 Å². The molecule has 0 unspecified atom stereocenters. The number of carbonyl (C=O) groups excluding carboxylic acids is 1. The van der Waals surface area contributed by atoms with E-state index in [2.05, 4.69) is 9.50 Å². The molecule has 12 heavy (non-hydrogen) atoms. The highest BCUT2D eigenvalue weighted by atomic mass is 32.2. The van der Waals surface area contributed by atoms with Crippen molar-refractivity contribution in [2.45, 2.75) is 18.9 Å². The first kappa shape index (κ1) is 9.47. The molecule has 1 amide bonds. The van der Waals surface area contributed by atoms with Crippen molar-refractivity contribution in [3.05, 3.63) is 0 Å². The van der Waals surface area contributed by atoms with E-state index in [1.54, 1.807) is 0 Å². The van der Waals surface area contributed by atoms with Crippen LogP contribution in [0.2, 0.25) is 0 Å². The fourth-order valence-electron chi connectivity index (χ4n) is 0.946. The molecule has 1 heterocycles. The highest BCUT2D eigenvalue weighted by molar-refractivity contribution is 7.85. The summed E-state index contributed by atoms with van der Waals surface area (Å²) in [6.07, 6.45) is 2.04. The van der Waals surface area contributed by atoms with Crippen LogP contribution >= 0.6 is 0 Å². The maximum atomic E-state index is 10.5. The van der Waals surface area contributed by atoms with Crippen molar-refractivity contribution >= 4 is 16.0 Å². The van der Waals surface area contributed by atoms with Gasteiger partial charge >= 0.3 is 0 Å². The third-order valence-corrected chi connectivity index (χ3v) is 2.16. The average molecular weight is 193 g/mol. The molecule has 1 N–H and O–H groups in total. The molecule has 1 atom stereocenters. The molecule has 5 nitrogen and oxygen atoms in total. The van der Waals surface area contributed by atoms with Crippen LogP contribution in [-0.2, 0) is 19.1 Å². The van der Waals surface area contributed by atoms with Crippen LogP contribution < -0.4 is 5.32 Å². The number of β-lactam (4-membered cyclic amide) rings is 1. The molecule has 1 aliphatic heterocycles. The molecule has 0 radical (unpaired) electrons. The lowest BCUT2D eigenvalue weighted by molar-refractivity contribution is -0.128. The van der Waals surface area contributed by atoms with E-state index >= 15 is 0 Å². The summed E-state index contributed by atoms with van der Waals surface area (Å²) in [6.45, 7) is 0.143. The molecule has 1 saturated heterocycles. The Morgan fingerprint density at radius 3 is 2.67 bits per heavy atom. The van der Waals surface area contributed by atoms with Gasteiger partial charge in [-0.1, -0.05) is 0 Å². The minimum Gasteiger partial charge on any atom is -0.353 e. The highest BCUT2D eigenvalue weighted by Gasteiger charge is 2.24. The van der Waals surface area contributed by atoms with Crippen LogP contribution in [0.3, 0.4) is 0 Å². The molecule has 0 aromatic carbocycles. The summed E-state index contributed by atoms with van der Waals surface area (Å²) >= 11 is 0. The maximum Gasteiger partial charge on any atom is 0.264 e. The summed E-state index contributed by atoms with van der Waals surface area (Å²) in [5.41, 5.74) is 0. The third-order valence-electron chi connectivity index (χ3n) is 1.56. The molecule has 1 aliphatic rings. The van der Waals surface area contributed by atoms with Crippen molar-refractivity contribution in [1.82, 2.24) is 5.32 Å². The SMILES string of the molecule is CS(=O)(=O)OCC[C@@H]1CC(=O)N1. The lowest BCUT2D eigenvalue weighted by atomic mass is 10.0.